The van der Waals surface area contributed by atoms with Crippen LogP contribution in [-0.4, -0.2) is 0 Å². The fourth-order valence-electron chi connectivity index (χ4n) is 2.15. The number of hydrogen-bond acceptors (Lipinski definition) is 1. The Hall–Kier alpha value is -1.22. The van der Waals surface area contributed by atoms with Gasteiger partial charge in [-0.25, -0.2) is 0 Å². The summed E-state index contributed by atoms with van der Waals surface area (Å²) >= 11 is 15.6. The molecule has 0 aliphatic carbocycles. The van der Waals surface area contributed by atoms with E-state index in [4.69, 9.17) is 27.9 Å². The van der Waals surface area contributed by atoms with Gasteiger partial charge < -0.3 is 4.74 Å². The van der Waals surface area contributed by atoms with Gasteiger partial charge in [0.25, 0.3) is 0 Å². The third-order valence-corrected chi connectivity index (χ3v) is 4.58. The Balaban J connectivity index is 2.02. The molecule has 0 radical (unpaired) electrons. The maximum atomic E-state index is 6.22. The molecule has 0 fully saturated rings. The van der Waals surface area contributed by atoms with E-state index < -0.39 is 0 Å². The summed E-state index contributed by atoms with van der Waals surface area (Å²) in [5, 5.41) is 2.69. The Morgan fingerprint density at radius 2 is 1.71 bits per heavy atom. The summed E-state index contributed by atoms with van der Waals surface area (Å²) in [6.45, 7) is 0. The molecular formula is C17H11BrCl2O. The molecule has 0 aliphatic heterocycles. The average molecular weight is 382 g/mol. The number of alkyl halides is 1. The minimum Gasteiger partial charge on any atom is -0.457 e. The molecule has 0 spiro atoms. The number of hydrogen-bond donors (Lipinski definition) is 0. The maximum Gasteiger partial charge on any atom is 0.135 e. The Bertz CT molecular complexity index is 802. The summed E-state index contributed by atoms with van der Waals surface area (Å²) < 4.78 is 6.93. The van der Waals surface area contributed by atoms with Crippen LogP contribution in [0.4, 0.5) is 0 Å². The molecule has 3 rings (SSSR count). The molecule has 0 atom stereocenters. The lowest BCUT2D eigenvalue weighted by Gasteiger charge is -2.11. The molecule has 0 heterocycles. The Labute approximate surface area is 141 Å². The number of ether oxygens (including phenoxy) is 1. The van der Waals surface area contributed by atoms with Gasteiger partial charge in [0.1, 0.15) is 11.5 Å². The quantitative estimate of drug-likeness (QED) is 0.454. The van der Waals surface area contributed by atoms with Crippen LogP contribution in [0.5, 0.6) is 11.5 Å². The highest BCUT2D eigenvalue weighted by Gasteiger charge is 2.07. The predicted octanol–water partition coefficient (Wildman–Crippen LogP) is 6.79. The monoisotopic (exact) mass is 380 g/mol. The van der Waals surface area contributed by atoms with Crippen molar-refractivity contribution < 1.29 is 4.74 Å². The first-order chi connectivity index (χ1) is 10.2. The normalized spacial score (nSPS) is 10.8. The molecule has 0 saturated carbocycles. The average Bonchev–Trinajstić information content (AvgIpc) is 2.51. The molecule has 0 aromatic heterocycles. The second kappa shape index (κ2) is 6.27. The van der Waals surface area contributed by atoms with Crippen molar-refractivity contribution in [2.75, 3.05) is 0 Å². The standard InChI is InChI=1S/C17H11BrCl2O/c18-15-9-12(6-5-11(15)10-19)21-17-8-7-16(20)13-3-1-2-4-14(13)17/h1-9H,10H2. The van der Waals surface area contributed by atoms with Gasteiger partial charge in [-0.3, -0.25) is 0 Å². The molecule has 0 unspecified atom stereocenters. The topological polar surface area (TPSA) is 9.23 Å². The Morgan fingerprint density at radius 3 is 2.43 bits per heavy atom. The molecule has 21 heavy (non-hydrogen) atoms. The number of benzene rings is 3. The van der Waals surface area contributed by atoms with Crippen LogP contribution in [0, 0.1) is 0 Å². The van der Waals surface area contributed by atoms with Gasteiger partial charge in [0, 0.05) is 26.1 Å². The second-order valence-electron chi connectivity index (χ2n) is 4.58. The van der Waals surface area contributed by atoms with Gasteiger partial charge in [0.2, 0.25) is 0 Å². The van der Waals surface area contributed by atoms with E-state index >= 15 is 0 Å². The van der Waals surface area contributed by atoms with Crippen molar-refractivity contribution >= 4 is 49.9 Å². The maximum absolute atomic E-state index is 6.22. The fraction of sp³-hybridized carbons (Fsp3) is 0.0588. The Morgan fingerprint density at radius 1 is 0.952 bits per heavy atom. The molecule has 106 valence electrons. The van der Waals surface area contributed by atoms with Crippen molar-refractivity contribution in [2.24, 2.45) is 0 Å². The van der Waals surface area contributed by atoms with E-state index in [9.17, 15) is 0 Å². The summed E-state index contributed by atoms with van der Waals surface area (Å²) in [7, 11) is 0. The number of rotatable bonds is 3. The third-order valence-electron chi connectivity index (χ3n) is 3.23. The lowest BCUT2D eigenvalue weighted by Crippen LogP contribution is -1.88. The van der Waals surface area contributed by atoms with E-state index in [0.29, 0.717) is 5.88 Å². The highest BCUT2D eigenvalue weighted by Crippen LogP contribution is 2.35. The molecule has 4 heteroatoms. The van der Waals surface area contributed by atoms with Gasteiger partial charge in [-0.15, -0.1) is 11.6 Å². The van der Waals surface area contributed by atoms with E-state index in [1.807, 2.05) is 54.6 Å². The summed E-state index contributed by atoms with van der Waals surface area (Å²) in [6.07, 6.45) is 0. The van der Waals surface area contributed by atoms with Gasteiger partial charge in [-0.05, 0) is 29.8 Å². The largest absolute Gasteiger partial charge is 0.457 e. The summed E-state index contributed by atoms with van der Waals surface area (Å²) in [5.74, 6) is 1.99. The molecule has 0 amide bonds. The summed E-state index contributed by atoms with van der Waals surface area (Å²) in [4.78, 5) is 0. The zero-order valence-electron chi connectivity index (χ0n) is 10.9. The van der Waals surface area contributed by atoms with Crippen molar-refractivity contribution in [1.29, 1.82) is 0 Å². The Kier molecular flexibility index (Phi) is 4.39. The number of halogens is 3. The minimum absolute atomic E-state index is 0.463. The fourth-order valence-corrected chi connectivity index (χ4v) is 3.27. The third kappa shape index (κ3) is 3.03. The highest BCUT2D eigenvalue weighted by molar-refractivity contribution is 9.10. The van der Waals surface area contributed by atoms with Crippen molar-refractivity contribution in [3.05, 3.63) is 69.7 Å². The van der Waals surface area contributed by atoms with Crippen LogP contribution < -0.4 is 4.74 Å². The van der Waals surface area contributed by atoms with Crippen LogP contribution >= 0.6 is 39.1 Å². The van der Waals surface area contributed by atoms with Gasteiger partial charge in [-0.1, -0.05) is 57.9 Å². The lowest BCUT2D eigenvalue weighted by atomic mass is 10.1. The van der Waals surface area contributed by atoms with Crippen molar-refractivity contribution in [3.8, 4) is 11.5 Å². The molecule has 0 N–H and O–H groups in total. The summed E-state index contributed by atoms with van der Waals surface area (Å²) in [6, 6.07) is 17.4. The van der Waals surface area contributed by atoms with Crippen molar-refractivity contribution in [2.45, 2.75) is 5.88 Å². The molecule has 3 aromatic carbocycles. The smallest absolute Gasteiger partial charge is 0.135 e. The van der Waals surface area contributed by atoms with E-state index in [0.717, 1.165) is 37.3 Å². The predicted molar refractivity (Wildman–Crippen MR) is 92.7 cm³/mol. The lowest BCUT2D eigenvalue weighted by molar-refractivity contribution is 0.488. The molecule has 0 aliphatic rings. The first-order valence-electron chi connectivity index (χ1n) is 6.38. The van der Waals surface area contributed by atoms with Crippen molar-refractivity contribution in [1.82, 2.24) is 0 Å². The zero-order chi connectivity index (χ0) is 14.8. The first-order valence-corrected chi connectivity index (χ1v) is 8.09. The summed E-state index contributed by atoms with van der Waals surface area (Å²) in [5.41, 5.74) is 1.03. The van der Waals surface area contributed by atoms with E-state index in [-0.39, 0.29) is 0 Å². The van der Waals surface area contributed by atoms with E-state index in [1.54, 1.807) is 0 Å². The molecule has 1 nitrogen and oxygen atoms in total. The first kappa shape index (κ1) is 14.7. The molecule has 0 bridgehead atoms. The number of fused-ring (bicyclic) bond motifs is 1. The van der Waals surface area contributed by atoms with Gasteiger partial charge in [0.05, 0.1) is 0 Å². The van der Waals surface area contributed by atoms with E-state index in [2.05, 4.69) is 15.9 Å². The van der Waals surface area contributed by atoms with Crippen LogP contribution in [0.3, 0.4) is 0 Å². The van der Waals surface area contributed by atoms with Crippen LogP contribution in [0.2, 0.25) is 5.02 Å². The van der Waals surface area contributed by atoms with Gasteiger partial charge in [-0.2, -0.15) is 0 Å². The van der Waals surface area contributed by atoms with E-state index in [1.165, 1.54) is 0 Å². The molecule has 3 aromatic rings. The minimum atomic E-state index is 0.463. The molecule has 0 saturated heterocycles. The van der Waals surface area contributed by atoms with Gasteiger partial charge in [0.15, 0.2) is 0 Å². The highest BCUT2D eigenvalue weighted by atomic mass is 79.9. The second-order valence-corrected chi connectivity index (χ2v) is 6.11. The zero-order valence-corrected chi connectivity index (χ0v) is 14.0. The van der Waals surface area contributed by atoms with Crippen LogP contribution in [0.1, 0.15) is 5.56 Å². The van der Waals surface area contributed by atoms with Crippen LogP contribution in [0.25, 0.3) is 10.8 Å². The van der Waals surface area contributed by atoms with Crippen LogP contribution in [0.15, 0.2) is 59.1 Å². The van der Waals surface area contributed by atoms with Crippen molar-refractivity contribution in [3.63, 3.8) is 0 Å². The SMILES string of the molecule is ClCc1ccc(Oc2ccc(Cl)c3ccccc23)cc1Br. The van der Waals surface area contributed by atoms with Crippen LogP contribution in [-0.2, 0) is 5.88 Å². The molecular weight excluding hydrogens is 371 g/mol. The van der Waals surface area contributed by atoms with Gasteiger partial charge >= 0.3 is 0 Å².